The zero-order valence-electron chi connectivity index (χ0n) is 13.9. The minimum atomic E-state index is -4.14. The highest BCUT2D eigenvalue weighted by Crippen LogP contribution is 2.55. The minimum absolute atomic E-state index is 0.0555. The maximum Gasteiger partial charge on any atom is 0.387 e. The van der Waals surface area contributed by atoms with E-state index in [1.165, 1.54) is 29.1 Å². The Kier molecular flexibility index (Phi) is 7.95. The molecular weight excluding hydrogens is 467 g/mol. The number of halogens is 1. The van der Waals surface area contributed by atoms with Gasteiger partial charge in [-0.1, -0.05) is 15.9 Å². The van der Waals surface area contributed by atoms with Crippen LogP contribution in [-0.4, -0.2) is 62.8 Å². The van der Waals surface area contributed by atoms with E-state index in [4.69, 9.17) is 15.0 Å². The number of primary amides is 1. The van der Waals surface area contributed by atoms with Gasteiger partial charge in [0.1, 0.15) is 17.8 Å². The fourth-order valence-electron chi connectivity index (χ4n) is 2.31. The van der Waals surface area contributed by atoms with E-state index < -0.39 is 43.9 Å². The normalized spacial score (nSPS) is 27.3. The van der Waals surface area contributed by atoms with Crippen molar-refractivity contribution in [1.82, 2.24) is 0 Å². The summed E-state index contributed by atoms with van der Waals surface area (Å²) in [6.07, 6.45) is -2.04. The molecule has 1 fully saturated rings. The van der Waals surface area contributed by atoms with Crippen molar-refractivity contribution in [3.05, 3.63) is 30.1 Å². The second-order valence-electron chi connectivity index (χ2n) is 5.66. The lowest BCUT2D eigenvalue weighted by molar-refractivity contribution is -0.765. The van der Waals surface area contributed by atoms with Crippen LogP contribution in [0.5, 0.6) is 0 Å². The first-order chi connectivity index (χ1) is 12.6. The Morgan fingerprint density at radius 2 is 2.11 bits per heavy atom. The third-order valence-electron chi connectivity index (χ3n) is 3.68. The van der Waals surface area contributed by atoms with E-state index in [1.54, 1.807) is 0 Å². The number of aliphatic hydroxyl groups excluding tert-OH is 2. The summed E-state index contributed by atoms with van der Waals surface area (Å²) in [5, 5.41) is 20.4. The molecular formula is C14H19BrN2O8PS+. The number of pyridine rings is 1. The summed E-state index contributed by atoms with van der Waals surface area (Å²) < 4.78 is 23.7. The van der Waals surface area contributed by atoms with Gasteiger partial charge in [-0.05, 0) is 17.4 Å². The maximum absolute atomic E-state index is 11.9. The number of amides is 1. The van der Waals surface area contributed by atoms with Crippen LogP contribution in [0.3, 0.4) is 0 Å². The number of carbonyl (C=O) groups is 2. The number of hydrogen-bond donors (Lipinski definition) is 4. The molecule has 1 saturated heterocycles. The molecule has 27 heavy (non-hydrogen) atoms. The second kappa shape index (κ2) is 9.57. The molecule has 1 aromatic rings. The van der Waals surface area contributed by atoms with Crippen LogP contribution in [-0.2, 0) is 18.6 Å². The van der Waals surface area contributed by atoms with Gasteiger partial charge in [0.15, 0.2) is 24.3 Å². The van der Waals surface area contributed by atoms with Crippen molar-refractivity contribution >= 4 is 45.8 Å². The number of carbonyl (C=O) groups excluding carboxylic acids is 2. The van der Waals surface area contributed by atoms with Crippen LogP contribution in [0.15, 0.2) is 24.5 Å². The molecule has 150 valence electrons. The molecule has 0 radical (unpaired) electrons. The van der Waals surface area contributed by atoms with Gasteiger partial charge in [0, 0.05) is 6.07 Å². The summed E-state index contributed by atoms with van der Waals surface area (Å²) in [5.74, 6) is -1.17. The van der Waals surface area contributed by atoms with Crippen LogP contribution in [0.1, 0.15) is 16.6 Å². The van der Waals surface area contributed by atoms with E-state index in [2.05, 4.69) is 15.9 Å². The first kappa shape index (κ1) is 22.4. The third-order valence-corrected chi connectivity index (χ3v) is 7.24. The molecule has 1 aliphatic heterocycles. The Balaban J connectivity index is 2.00. The van der Waals surface area contributed by atoms with Crippen molar-refractivity contribution in [2.45, 2.75) is 24.5 Å². The van der Waals surface area contributed by atoms with Crippen LogP contribution in [0.25, 0.3) is 0 Å². The molecule has 13 heteroatoms. The number of ketones is 1. The van der Waals surface area contributed by atoms with Gasteiger partial charge in [0.2, 0.25) is 0 Å². The predicted molar refractivity (Wildman–Crippen MR) is 98.1 cm³/mol. The van der Waals surface area contributed by atoms with Crippen LogP contribution < -0.4 is 10.3 Å². The number of Topliss-reactive ketones (excluding diaryl/α,β-unsaturated/α-hetero) is 1. The van der Waals surface area contributed by atoms with Crippen LogP contribution in [0.4, 0.5) is 0 Å². The molecule has 1 aromatic heterocycles. The summed E-state index contributed by atoms with van der Waals surface area (Å²) >= 11 is 3.40. The lowest BCUT2D eigenvalue weighted by Gasteiger charge is -2.16. The second-order valence-corrected chi connectivity index (χ2v) is 10.1. The number of ether oxygens (including phenoxy) is 1. The van der Waals surface area contributed by atoms with Crippen molar-refractivity contribution in [1.29, 1.82) is 0 Å². The monoisotopic (exact) mass is 485 g/mol. The Morgan fingerprint density at radius 1 is 1.41 bits per heavy atom. The Morgan fingerprint density at radius 3 is 2.74 bits per heavy atom. The largest absolute Gasteiger partial charge is 0.387 e. The highest BCUT2D eigenvalue weighted by molar-refractivity contribution is 9.09. The quantitative estimate of drug-likeness (QED) is 0.205. The van der Waals surface area contributed by atoms with Crippen LogP contribution in [0.2, 0.25) is 0 Å². The number of aromatic nitrogens is 1. The van der Waals surface area contributed by atoms with E-state index in [-0.39, 0.29) is 22.4 Å². The topological polar surface area (TPSA) is 160 Å². The maximum atomic E-state index is 11.9. The molecule has 1 aliphatic rings. The van der Waals surface area contributed by atoms with E-state index in [1.807, 2.05) is 0 Å². The van der Waals surface area contributed by atoms with Crippen LogP contribution >= 0.6 is 34.1 Å². The van der Waals surface area contributed by atoms with Gasteiger partial charge < -0.3 is 25.6 Å². The molecule has 0 aliphatic carbocycles. The number of nitrogens with zero attached hydrogens (tertiary/aromatic N) is 1. The summed E-state index contributed by atoms with van der Waals surface area (Å²) in [5.41, 5.74) is 5.39. The molecule has 0 bridgehead atoms. The number of alkyl halides is 1. The van der Waals surface area contributed by atoms with Gasteiger partial charge >= 0.3 is 6.80 Å². The Hall–Kier alpha value is -0.850. The van der Waals surface area contributed by atoms with E-state index >= 15 is 0 Å². The van der Waals surface area contributed by atoms with E-state index in [9.17, 15) is 29.3 Å². The van der Waals surface area contributed by atoms with Crippen molar-refractivity contribution in [2.75, 3.05) is 17.7 Å². The third kappa shape index (κ3) is 6.06. The van der Waals surface area contributed by atoms with Crippen molar-refractivity contribution in [3.8, 4) is 0 Å². The SMILES string of the molecule is NC(=O)c1ccc[n+]([C@@H]2O[C@H](COP(=O)(O)SCC(=O)CBr)[C@@H](O)[C@H]2O)c1. The van der Waals surface area contributed by atoms with Crippen LogP contribution in [0, 0.1) is 0 Å². The first-order valence-corrected chi connectivity index (χ1v) is 12.0. The van der Waals surface area contributed by atoms with E-state index in [0.29, 0.717) is 11.4 Å². The van der Waals surface area contributed by atoms with Crippen molar-refractivity contribution in [3.63, 3.8) is 0 Å². The molecule has 0 saturated carbocycles. The molecule has 2 heterocycles. The lowest BCUT2D eigenvalue weighted by Crippen LogP contribution is -2.46. The van der Waals surface area contributed by atoms with E-state index in [0.717, 1.165) is 0 Å². The molecule has 5 atom stereocenters. The fourth-order valence-corrected chi connectivity index (χ4v) is 4.91. The first-order valence-electron chi connectivity index (χ1n) is 7.66. The Bertz CT molecular complexity index is 754. The number of hydrogen-bond acceptors (Lipinski definition) is 8. The summed E-state index contributed by atoms with van der Waals surface area (Å²) in [4.78, 5) is 32.2. The zero-order chi connectivity index (χ0) is 20.2. The van der Waals surface area contributed by atoms with Crippen molar-refractivity contribution in [2.24, 2.45) is 5.73 Å². The molecule has 5 N–H and O–H groups in total. The predicted octanol–water partition coefficient (Wildman–Crippen LogP) is -0.494. The summed E-state index contributed by atoms with van der Waals surface area (Å²) in [6, 6.07) is 3.00. The lowest BCUT2D eigenvalue weighted by atomic mass is 10.1. The van der Waals surface area contributed by atoms with Gasteiger partial charge in [-0.3, -0.25) is 14.1 Å². The van der Waals surface area contributed by atoms with Gasteiger partial charge in [-0.25, -0.2) is 4.57 Å². The highest BCUT2D eigenvalue weighted by Gasteiger charge is 2.49. The fraction of sp³-hybridized carbons (Fsp3) is 0.500. The van der Waals surface area contributed by atoms with Gasteiger partial charge in [-0.15, -0.1) is 0 Å². The number of aliphatic hydroxyl groups is 2. The highest BCUT2D eigenvalue weighted by atomic mass is 79.9. The summed E-state index contributed by atoms with van der Waals surface area (Å²) in [7, 11) is 0. The van der Waals surface area contributed by atoms with Crippen molar-refractivity contribution < 1.29 is 43.1 Å². The number of rotatable bonds is 9. The van der Waals surface area contributed by atoms with Gasteiger partial charge in [-0.2, -0.15) is 4.57 Å². The average molecular weight is 486 g/mol. The number of nitrogens with two attached hydrogens (primary N) is 1. The average Bonchev–Trinajstić information content (AvgIpc) is 2.93. The van der Waals surface area contributed by atoms with Gasteiger partial charge in [0.05, 0.1) is 17.7 Å². The minimum Gasteiger partial charge on any atom is -0.387 e. The molecule has 1 amide bonds. The molecule has 0 spiro atoms. The Labute approximate surface area is 167 Å². The molecule has 10 nitrogen and oxygen atoms in total. The summed E-state index contributed by atoms with van der Waals surface area (Å²) in [6.45, 7) is -4.61. The van der Waals surface area contributed by atoms with Gasteiger partial charge in [0.25, 0.3) is 12.1 Å². The zero-order valence-corrected chi connectivity index (χ0v) is 17.2. The molecule has 0 aromatic carbocycles. The molecule has 2 rings (SSSR count). The smallest absolute Gasteiger partial charge is 0.387 e. The standard InChI is InChI=1S/C14H18BrN2O8PS/c15-4-9(18)7-27-26(22,23)24-6-10-11(19)12(20)14(25-10)17-3-1-2-8(5-17)13(16)21/h1-3,5,10-12,14,19-20H,4,6-7H2,(H2-,16,21,22,23)/p+1/t10-,11-,12-,14-/m1/s1. The molecule has 1 unspecified atom stereocenters.